The number of hydrogen-bond acceptors (Lipinski definition) is 2. The van der Waals surface area contributed by atoms with Crippen LogP contribution in [-0.4, -0.2) is 22.9 Å². The zero-order chi connectivity index (χ0) is 14.6. The number of aryl methyl sites for hydroxylation is 1. The molecule has 0 saturated carbocycles. The second kappa shape index (κ2) is 6.29. The molecule has 0 aliphatic carbocycles. The number of nitrogens with one attached hydrogen (secondary N) is 1. The average Bonchev–Trinajstić information content (AvgIpc) is 2.26. The number of alkyl halides is 1. The number of aromatic hydroxyl groups is 1. The molecule has 106 valence electrons. The van der Waals surface area contributed by atoms with Gasteiger partial charge in [0, 0.05) is 17.5 Å². The first-order valence-corrected chi connectivity index (χ1v) is 6.95. The zero-order valence-electron chi connectivity index (χ0n) is 12.0. The Kier molecular flexibility index (Phi) is 5.24. The van der Waals surface area contributed by atoms with E-state index in [0.717, 1.165) is 12.0 Å². The van der Waals surface area contributed by atoms with Gasteiger partial charge < -0.3 is 10.4 Å². The van der Waals surface area contributed by atoms with Crippen LogP contribution in [0.15, 0.2) is 18.2 Å². The molecule has 0 fully saturated rings. The maximum Gasteiger partial charge on any atom is 0.251 e. The van der Waals surface area contributed by atoms with Crippen molar-refractivity contribution >= 4 is 17.5 Å². The SMILES string of the molecule is Cc1cc(O)ccc1C(=O)NC(CCCl)C(C)(C)C. The number of phenols is 1. The maximum absolute atomic E-state index is 12.3. The van der Waals surface area contributed by atoms with Crippen LogP contribution < -0.4 is 5.32 Å². The molecule has 1 aromatic rings. The number of benzene rings is 1. The molecule has 0 aliphatic heterocycles. The first kappa shape index (κ1) is 15.8. The van der Waals surface area contributed by atoms with Gasteiger partial charge in [0.25, 0.3) is 5.91 Å². The van der Waals surface area contributed by atoms with Crippen molar-refractivity contribution in [2.45, 2.75) is 40.2 Å². The molecule has 0 heterocycles. The molecule has 1 atom stereocenters. The van der Waals surface area contributed by atoms with Crippen molar-refractivity contribution in [2.75, 3.05) is 5.88 Å². The van der Waals surface area contributed by atoms with E-state index < -0.39 is 0 Å². The average molecular weight is 284 g/mol. The Labute approximate surface area is 120 Å². The molecule has 0 aliphatic rings. The smallest absolute Gasteiger partial charge is 0.251 e. The van der Waals surface area contributed by atoms with Crippen molar-refractivity contribution in [3.05, 3.63) is 29.3 Å². The molecular formula is C15H22ClNO2. The summed E-state index contributed by atoms with van der Waals surface area (Å²) >= 11 is 5.80. The molecule has 0 radical (unpaired) electrons. The minimum Gasteiger partial charge on any atom is -0.508 e. The van der Waals surface area contributed by atoms with E-state index in [0.29, 0.717) is 11.4 Å². The fourth-order valence-corrected chi connectivity index (χ4v) is 2.19. The molecule has 19 heavy (non-hydrogen) atoms. The van der Waals surface area contributed by atoms with E-state index in [-0.39, 0.29) is 23.1 Å². The van der Waals surface area contributed by atoms with Crippen LogP contribution in [0.25, 0.3) is 0 Å². The minimum absolute atomic E-state index is 0.0192. The number of amides is 1. The van der Waals surface area contributed by atoms with E-state index in [9.17, 15) is 9.90 Å². The third-order valence-corrected chi connectivity index (χ3v) is 3.42. The Morgan fingerprint density at radius 2 is 2.05 bits per heavy atom. The summed E-state index contributed by atoms with van der Waals surface area (Å²) in [5.41, 5.74) is 1.30. The third kappa shape index (κ3) is 4.43. The highest BCUT2D eigenvalue weighted by molar-refractivity contribution is 6.17. The lowest BCUT2D eigenvalue weighted by Crippen LogP contribution is -2.44. The second-order valence-electron chi connectivity index (χ2n) is 5.87. The summed E-state index contributed by atoms with van der Waals surface area (Å²) < 4.78 is 0. The lowest BCUT2D eigenvalue weighted by molar-refractivity contribution is 0.0900. The number of carbonyl (C=O) groups is 1. The number of rotatable bonds is 4. The lowest BCUT2D eigenvalue weighted by Gasteiger charge is -2.31. The van der Waals surface area contributed by atoms with Crippen molar-refractivity contribution < 1.29 is 9.90 Å². The molecular weight excluding hydrogens is 262 g/mol. The second-order valence-corrected chi connectivity index (χ2v) is 6.25. The molecule has 0 bridgehead atoms. The summed E-state index contributed by atoms with van der Waals surface area (Å²) in [6.07, 6.45) is 0.730. The van der Waals surface area contributed by atoms with Crippen molar-refractivity contribution in [3.63, 3.8) is 0 Å². The van der Waals surface area contributed by atoms with Crippen molar-refractivity contribution in [1.82, 2.24) is 5.32 Å². The van der Waals surface area contributed by atoms with Crippen molar-refractivity contribution in [3.8, 4) is 5.75 Å². The van der Waals surface area contributed by atoms with Gasteiger partial charge in [0.15, 0.2) is 0 Å². The highest BCUT2D eigenvalue weighted by atomic mass is 35.5. The Morgan fingerprint density at radius 3 is 2.53 bits per heavy atom. The Hall–Kier alpha value is -1.22. The van der Waals surface area contributed by atoms with Gasteiger partial charge >= 0.3 is 0 Å². The Morgan fingerprint density at radius 1 is 1.42 bits per heavy atom. The molecule has 4 heteroatoms. The van der Waals surface area contributed by atoms with E-state index in [4.69, 9.17) is 11.6 Å². The van der Waals surface area contributed by atoms with Gasteiger partial charge in [-0.05, 0) is 42.5 Å². The Balaban J connectivity index is 2.88. The maximum atomic E-state index is 12.3. The summed E-state index contributed by atoms with van der Waals surface area (Å²) in [5, 5.41) is 12.4. The fraction of sp³-hybridized carbons (Fsp3) is 0.533. The number of halogens is 1. The van der Waals surface area contributed by atoms with E-state index in [2.05, 4.69) is 26.1 Å². The number of hydrogen-bond donors (Lipinski definition) is 2. The first-order valence-electron chi connectivity index (χ1n) is 6.42. The van der Waals surface area contributed by atoms with Crippen LogP contribution in [-0.2, 0) is 0 Å². The third-order valence-electron chi connectivity index (χ3n) is 3.20. The van der Waals surface area contributed by atoms with Crippen LogP contribution in [0.5, 0.6) is 5.75 Å². The van der Waals surface area contributed by atoms with Crippen LogP contribution >= 0.6 is 11.6 Å². The van der Waals surface area contributed by atoms with Gasteiger partial charge in [-0.2, -0.15) is 0 Å². The van der Waals surface area contributed by atoms with Crippen LogP contribution in [0.3, 0.4) is 0 Å². The topological polar surface area (TPSA) is 49.3 Å². The number of phenolic OH excluding ortho intramolecular Hbond substituents is 1. The first-order chi connectivity index (χ1) is 8.75. The largest absolute Gasteiger partial charge is 0.508 e. The predicted molar refractivity (Wildman–Crippen MR) is 78.9 cm³/mol. The molecule has 1 aromatic carbocycles. The van der Waals surface area contributed by atoms with Gasteiger partial charge in [-0.3, -0.25) is 4.79 Å². The van der Waals surface area contributed by atoms with Gasteiger partial charge in [-0.1, -0.05) is 20.8 Å². The molecule has 1 unspecified atom stereocenters. The van der Waals surface area contributed by atoms with Crippen LogP contribution in [0.1, 0.15) is 43.1 Å². The standard InChI is InChI=1S/C15H22ClNO2/c1-10-9-11(18)5-6-12(10)14(19)17-13(7-8-16)15(2,3)4/h5-6,9,13,18H,7-8H2,1-4H3,(H,17,19). The summed E-state index contributed by atoms with van der Waals surface area (Å²) in [7, 11) is 0. The molecule has 0 saturated heterocycles. The van der Waals surface area contributed by atoms with Gasteiger partial charge in [-0.25, -0.2) is 0 Å². The van der Waals surface area contributed by atoms with Gasteiger partial charge in [-0.15, -0.1) is 11.6 Å². The van der Waals surface area contributed by atoms with Crippen molar-refractivity contribution in [2.24, 2.45) is 5.41 Å². The van der Waals surface area contributed by atoms with Crippen LogP contribution in [0.4, 0.5) is 0 Å². The monoisotopic (exact) mass is 283 g/mol. The zero-order valence-corrected chi connectivity index (χ0v) is 12.7. The molecule has 1 rings (SSSR count). The van der Waals surface area contributed by atoms with Crippen molar-refractivity contribution in [1.29, 1.82) is 0 Å². The van der Waals surface area contributed by atoms with E-state index in [1.54, 1.807) is 12.1 Å². The molecule has 0 aromatic heterocycles. The summed E-state index contributed by atoms with van der Waals surface area (Å²) in [4.78, 5) is 12.3. The normalized spacial score (nSPS) is 13.1. The van der Waals surface area contributed by atoms with E-state index in [1.165, 1.54) is 6.07 Å². The van der Waals surface area contributed by atoms with Crippen LogP contribution in [0.2, 0.25) is 0 Å². The van der Waals surface area contributed by atoms with Gasteiger partial charge in [0.05, 0.1) is 0 Å². The van der Waals surface area contributed by atoms with Crippen LogP contribution in [0, 0.1) is 12.3 Å². The highest BCUT2D eigenvalue weighted by Crippen LogP contribution is 2.23. The molecule has 2 N–H and O–H groups in total. The fourth-order valence-electron chi connectivity index (χ4n) is 1.97. The van der Waals surface area contributed by atoms with E-state index >= 15 is 0 Å². The molecule has 3 nitrogen and oxygen atoms in total. The van der Waals surface area contributed by atoms with E-state index in [1.807, 2.05) is 6.92 Å². The molecule has 1 amide bonds. The van der Waals surface area contributed by atoms with Gasteiger partial charge in [0.2, 0.25) is 0 Å². The number of carbonyl (C=O) groups excluding carboxylic acids is 1. The minimum atomic E-state index is -0.123. The summed E-state index contributed by atoms with van der Waals surface area (Å²) in [5.74, 6) is 0.557. The Bertz CT molecular complexity index is 452. The molecule has 0 spiro atoms. The highest BCUT2D eigenvalue weighted by Gasteiger charge is 2.26. The summed E-state index contributed by atoms with van der Waals surface area (Å²) in [6.45, 7) is 8.04. The van der Waals surface area contributed by atoms with Gasteiger partial charge in [0.1, 0.15) is 5.75 Å². The lowest BCUT2D eigenvalue weighted by atomic mass is 9.85. The quantitative estimate of drug-likeness (QED) is 0.831. The summed E-state index contributed by atoms with van der Waals surface area (Å²) in [6, 6.07) is 4.77. The predicted octanol–water partition coefficient (Wildman–Crippen LogP) is 3.47.